The number of aryl methyl sites for hydroxylation is 1. The third kappa shape index (κ3) is 1.67. The van der Waals surface area contributed by atoms with Gasteiger partial charge >= 0.3 is 0 Å². The van der Waals surface area contributed by atoms with Gasteiger partial charge < -0.3 is 5.32 Å². The zero-order valence-electron chi connectivity index (χ0n) is 7.14. The van der Waals surface area contributed by atoms with Crippen molar-refractivity contribution in [1.82, 2.24) is 5.32 Å². The van der Waals surface area contributed by atoms with E-state index in [2.05, 4.69) is 36.1 Å². The van der Waals surface area contributed by atoms with E-state index in [-0.39, 0.29) is 0 Å². The molecule has 2 radical (unpaired) electrons. The Morgan fingerprint density at radius 3 is 3.08 bits per heavy atom. The molecule has 2 rings (SSSR count). The summed E-state index contributed by atoms with van der Waals surface area (Å²) < 4.78 is 0. The molecule has 0 saturated heterocycles. The molecular weight excluding hydrogens is 146 g/mol. The van der Waals surface area contributed by atoms with Crippen LogP contribution in [0.25, 0.3) is 0 Å². The van der Waals surface area contributed by atoms with E-state index in [0.29, 0.717) is 0 Å². The summed E-state index contributed by atoms with van der Waals surface area (Å²) >= 11 is 0. The molecule has 1 N–H and O–H groups in total. The average Bonchev–Trinajstić information content (AvgIpc) is 2.06. The first-order valence-corrected chi connectivity index (χ1v) is 4.53. The van der Waals surface area contributed by atoms with Crippen LogP contribution in [0.4, 0.5) is 0 Å². The smallest absolute Gasteiger partial charge is 0.0936 e. The second-order valence-corrected chi connectivity index (χ2v) is 3.17. The molecule has 0 bridgehead atoms. The van der Waals surface area contributed by atoms with E-state index in [9.17, 15) is 0 Å². The van der Waals surface area contributed by atoms with Gasteiger partial charge in [-0.2, -0.15) is 0 Å². The number of nitrogens with one attached hydrogen (secondary N) is 1. The van der Waals surface area contributed by atoms with Crippen molar-refractivity contribution in [3.63, 3.8) is 0 Å². The molecular formula is C11H13N. The average molecular weight is 159 g/mol. The molecule has 0 unspecified atom stereocenters. The van der Waals surface area contributed by atoms with Crippen LogP contribution < -0.4 is 5.32 Å². The lowest BCUT2D eigenvalue weighted by molar-refractivity contribution is 0.660. The van der Waals surface area contributed by atoms with Crippen LogP contribution in [0.1, 0.15) is 24.0 Å². The Morgan fingerprint density at radius 2 is 2.08 bits per heavy atom. The van der Waals surface area contributed by atoms with Crippen molar-refractivity contribution in [2.75, 3.05) is 6.54 Å². The Hall–Kier alpha value is -0.820. The van der Waals surface area contributed by atoms with Gasteiger partial charge in [-0.3, -0.25) is 0 Å². The Bertz CT molecular complexity index is 228. The summed E-state index contributed by atoms with van der Waals surface area (Å²) in [6, 6.07) is 8.47. The summed E-state index contributed by atoms with van der Waals surface area (Å²) in [4.78, 5) is 0. The molecule has 0 spiro atoms. The summed E-state index contributed by atoms with van der Waals surface area (Å²) in [7, 11) is 0. The Kier molecular flexibility index (Phi) is 2.42. The van der Waals surface area contributed by atoms with E-state index in [1.807, 2.05) is 0 Å². The number of benzene rings is 1. The second-order valence-electron chi connectivity index (χ2n) is 3.17. The van der Waals surface area contributed by atoms with Crippen LogP contribution in [0, 0.1) is 6.54 Å². The molecule has 1 aromatic rings. The summed E-state index contributed by atoms with van der Waals surface area (Å²) in [5.41, 5.74) is 2.65. The van der Waals surface area contributed by atoms with Crippen LogP contribution in [0.3, 0.4) is 0 Å². The topological polar surface area (TPSA) is 12.0 Å². The Balaban J connectivity index is 2.24. The predicted molar refractivity (Wildman–Crippen MR) is 49.7 cm³/mol. The van der Waals surface area contributed by atoms with E-state index in [4.69, 9.17) is 0 Å². The fourth-order valence-electron chi connectivity index (χ4n) is 1.55. The van der Waals surface area contributed by atoms with Gasteiger partial charge in [0.15, 0.2) is 0 Å². The highest BCUT2D eigenvalue weighted by molar-refractivity contribution is 5.32. The molecule has 62 valence electrons. The monoisotopic (exact) mass is 159 g/mol. The first-order chi connectivity index (χ1) is 5.97. The number of hydrogen-bond acceptors (Lipinski definition) is 1. The molecule has 12 heavy (non-hydrogen) atoms. The quantitative estimate of drug-likeness (QED) is 0.610. The van der Waals surface area contributed by atoms with E-state index >= 15 is 0 Å². The lowest BCUT2D eigenvalue weighted by atomic mass is 10.0. The summed E-state index contributed by atoms with van der Waals surface area (Å²) in [5.74, 6) is 0. The van der Waals surface area contributed by atoms with Gasteiger partial charge in [0.2, 0.25) is 0 Å². The normalized spacial score (nSPS) is 17.7. The molecule has 1 aromatic carbocycles. The Morgan fingerprint density at radius 1 is 1.17 bits per heavy atom. The largest absolute Gasteiger partial charge is 0.304 e. The van der Waals surface area contributed by atoms with E-state index in [0.717, 1.165) is 6.54 Å². The molecule has 1 aliphatic heterocycles. The summed E-state index contributed by atoms with van der Waals surface area (Å²) in [6.07, 6.45) is 3.73. The predicted octanol–water partition coefficient (Wildman–Crippen LogP) is 2.00. The first-order valence-electron chi connectivity index (χ1n) is 4.53. The molecule has 1 heteroatoms. The van der Waals surface area contributed by atoms with E-state index < -0.39 is 0 Å². The maximum Gasteiger partial charge on any atom is 0.0936 e. The zero-order valence-corrected chi connectivity index (χ0v) is 7.14. The highest BCUT2D eigenvalue weighted by atomic mass is 14.8. The van der Waals surface area contributed by atoms with Gasteiger partial charge in [-0.25, -0.2) is 0 Å². The molecule has 0 saturated carbocycles. The molecule has 0 atom stereocenters. The van der Waals surface area contributed by atoms with Gasteiger partial charge in [-0.05, 0) is 36.9 Å². The van der Waals surface area contributed by atoms with Crippen molar-refractivity contribution in [2.24, 2.45) is 0 Å². The molecule has 0 aliphatic carbocycles. The maximum absolute atomic E-state index is 3.22. The minimum atomic E-state index is 1.06. The van der Waals surface area contributed by atoms with Crippen molar-refractivity contribution < 1.29 is 0 Å². The lowest BCUT2D eigenvalue weighted by Crippen LogP contribution is -2.16. The van der Waals surface area contributed by atoms with Gasteiger partial charge in [-0.1, -0.05) is 24.3 Å². The maximum atomic E-state index is 3.22. The van der Waals surface area contributed by atoms with Gasteiger partial charge in [-0.15, -0.1) is 0 Å². The zero-order chi connectivity index (χ0) is 8.23. The van der Waals surface area contributed by atoms with Crippen LogP contribution in [0.2, 0.25) is 0 Å². The molecule has 0 aromatic heterocycles. The first kappa shape index (κ1) is 7.81. The van der Waals surface area contributed by atoms with Crippen LogP contribution in [-0.2, 0) is 6.42 Å². The third-order valence-electron chi connectivity index (χ3n) is 2.24. The van der Waals surface area contributed by atoms with Crippen molar-refractivity contribution in [2.45, 2.75) is 19.3 Å². The van der Waals surface area contributed by atoms with E-state index in [1.165, 1.54) is 30.4 Å². The second kappa shape index (κ2) is 3.72. The fourth-order valence-corrected chi connectivity index (χ4v) is 1.55. The standard InChI is InChI=1S/C11H13N/c1-2-7-11-9-12-8-4-3-6-10(11)5-1/h1-2,5,7,12H,3-4,6,8H2. The van der Waals surface area contributed by atoms with Crippen LogP contribution >= 0.6 is 0 Å². The molecule has 1 aliphatic rings. The highest BCUT2D eigenvalue weighted by Crippen LogP contribution is 2.14. The third-order valence-corrected chi connectivity index (χ3v) is 2.24. The van der Waals surface area contributed by atoms with Crippen LogP contribution in [-0.4, -0.2) is 6.54 Å². The SMILES string of the molecule is [C]1NCCCCc2ccccc21. The fraction of sp³-hybridized carbons (Fsp3) is 0.364. The van der Waals surface area contributed by atoms with Crippen LogP contribution in [0.5, 0.6) is 0 Å². The molecule has 1 nitrogen and oxygen atoms in total. The minimum absolute atomic E-state index is 1.06. The Labute approximate surface area is 73.8 Å². The van der Waals surface area contributed by atoms with Gasteiger partial charge in [0, 0.05) is 0 Å². The van der Waals surface area contributed by atoms with Crippen molar-refractivity contribution in [3.05, 3.63) is 41.9 Å². The minimum Gasteiger partial charge on any atom is -0.304 e. The molecule has 1 heterocycles. The van der Waals surface area contributed by atoms with Crippen molar-refractivity contribution in [1.29, 1.82) is 0 Å². The number of fused-ring (bicyclic) bond motifs is 1. The van der Waals surface area contributed by atoms with E-state index in [1.54, 1.807) is 0 Å². The number of hydrogen-bond donors (Lipinski definition) is 1. The summed E-state index contributed by atoms with van der Waals surface area (Å²) in [6.45, 7) is 4.28. The summed E-state index contributed by atoms with van der Waals surface area (Å²) in [5, 5.41) is 3.19. The van der Waals surface area contributed by atoms with Crippen LogP contribution in [0.15, 0.2) is 24.3 Å². The molecule has 0 amide bonds. The van der Waals surface area contributed by atoms with Gasteiger partial charge in [0.25, 0.3) is 0 Å². The van der Waals surface area contributed by atoms with Crippen molar-refractivity contribution in [3.8, 4) is 0 Å². The molecule has 0 fully saturated rings. The van der Waals surface area contributed by atoms with Gasteiger partial charge in [0.05, 0.1) is 6.54 Å². The lowest BCUT2D eigenvalue weighted by Gasteiger charge is -2.12. The number of rotatable bonds is 0. The van der Waals surface area contributed by atoms with Gasteiger partial charge in [0.1, 0.15) is 0 Å². The highest BCUT2D eigenvalue weighted by Gasteiger charge is 2.04. The van der Waals surface area contributed by atoms with Crippen molar-refractivity contribution >= 4 is 0 Å².